The number of hydrogen-bond donors (Lipinski definition) is 2. The Labute approximate surface area is 76.0 Å². The van der Waals surface area contributed by atoms with Crippen molar-refractivity contribution in [2.24, 2.45) is 0 Å². The number of carbonyl (C=O) groups is 1. The number of aromatic amines is 1. The van der Waals surface area contributed by atoms with E-state index in [1.807, 2.05) is 0 Å². The van der Waals surface area contributed by atoms with E-state index in [1.54, 1.807) is 13.1 Å². The molecule has 1 rings (SSSR count). The Hall–Kier alpha value is -1.58. The summed E-state index contributed by atoms with van der Waals surface area (Å²) in [6.07, 6.45) is 2.02. The van der Waals surface area contributed by atoms with Crippen LogP contribution in [0.15, 0.2) is 23.1 Å². The third-order valence-corrected chi connectivity index (χ3v) is 1.63. The van der Waals surface area contributed by atoms with Crippen LogP contribution in [0, 0.1) is 0 Å². The summed E-state index contributed by atoms with van der Waals surface area (Å²) in [6, 6.07) is 2.90. The first-order chi connectivity index (χ1) is 6.22. The second-order valence-electron chi connectivity index (χ2n) is 2.68. The molecule has 0 aliphatic rings. The highest BCUT2D eigenvalue weighted by Crippen LogP contribution is 1.88. The maximum atomic E-state index is 10.9. The van der Waals surface area contributed by atoms with Crippen LogP contribution in [0.25, 0.3) is 0 Å². The first-order valence-electron chi connectivity index (χ1n) is 4.16. The molecule has 1 amide bonds. The molecule has 0 unspecified atom stereocenters. The molecule has 1 heterocycles. The van der Waals surface area contributed by atoms with E-state index >= 15 is 0 Å². The summed E-state index contributed by atoms with van der Waals surface area (Å²) in [6.45, 7) is 2.16. The lowest BCUT2D eigenvalue weighted by Crippen LogP contribution is -2.22. The number of rotatable bonds is 3. The van der Waals surface area contributed by atoms with Crippen molar-refractivity contribution >= 4 is 5.91 Å². The van der Waals surface area contributed by atoms with Gasteiger partial charge in [-0.05, 0) is 0 Å². The fourth-order valence-corrected chi connectivity index (χ4v) is 0.913. The van der Waals surface area contributed by atoms with Gasteiger partial charge in [-0.3, -0.25) is 9.59 Å². The van der Waals surface area contributed by atoms with Crippen LogP contribution in [0.2, 0.25) is 0 Å². The number of nitrogens with one attached hydrogen (secondary N) is 2. The van der Waals surface area contributed by atoms with E-state index in [0.29, 0.717) is 18.7 Å². The van der Waals surface area contributed by atoms with E-state index < -0.39 is 0 Å². The number of hydrogen-bond acceptors (Lipinski definition) is 2. The molecule has 0 spiro atoms. The number of amides is 1. The molecule has 0 atom stereocenters. The summed E-state index contributed by atoms with van der Waals surface area (Å²) in [5.74, 6) is -0.0234. The van der Waals surface area contributed by atoms with E-state index in [-0.39, 0.29) is 11.3 Å². The van der Waals surface area contributed by atoms with Gasteiger partial charge in [0.25, 0.3) is 0 Å². The lowest BCUT2D eigenvalue weighted by Gasteiger charge is -2.02. The molecular weight excluding hydrogens is 168 g/mol. The number of carbonyl (C=O) groups excluding carboxylic acids is 1. The van der Waals surface area contributed by atoms with Crippen LogP contribution >= 0.6 is 0 Å². The van der Waals surface area contributed by atoms with Crippen molar-refractivity contribution in [2.75, 3.05) is 0 Å². The quantitative estimate of drug-likeness (QED) is 0.707. The van der Waals surface area contributed by atoms with Crippen LogP contribution in [0.5, 0.6) is 0 Å². The molecule has 0 aliphatic carbocycles. The van der Waals surface area contributed by atoms with E-state index in [2.05, 4.69) is 10.3 Å². The van der Waals surface area contributed by atoms with Gasteiger partial charge in [0.1, 0.15) is 0 Å². The molecule has 0 radical (unpaired) electrons. The summed E-state index contributed by atoms with van der Waals surface area (Å²) in [5.41, 5.74) is 0.661. The van der Waals surface area contributed by atoms with Crippen molar-refractivity contribution in [3.8, 4) is 0 Å². The lowest BCUT2D eigenvalue weighted by molar-refractivity contribution is -0.120. The van der Waals surface area contributed by atoms with Crippen LogP contribution in [-0.4, -0.2) is 10.9 Å². The van der Waals surface area contributed by atoms with Gasteiger partial charge in [-0.25, -0.2) is 0 Å². The summed E-state index contributed by atoms with van der Waals surface area (Å²) >= 11 is 0. The minimum atomic E-state index is -0.0560. The van der Waals surface area contributed by atoms with Gasteiger partial charge < -0.3 is 10.3 Å². The minimum Gasteiger partial charge on any atom is -0.363 e. The second kappa shape index (κ2) is 4.45. The Morgan fingerprint density at radius 3 is 3.00 bits per heavy atom. The van der Waals surface area contributed by atoms with E-state index in [4.69, 9.17) is 0 Å². The second-order valence-corrected chi connectivity index (χ2v) is 2.68. The molecule has 2 N–H and O–H groups in total. The molecule has 0 saturated heterocycles. The third kappa shape index (κ3) is 3.11. The number of H-pyrrole nitrogens is 1. The van der Waals surface area contributed by atoms with Crippen LogP contribution in [0.3, 0.4) is 0 Å². The predicted octanol–water partition coefficient (Wildman–Crippen LogP) is 0.401. The van der Waals surface area contributed by atoms with Crippen molar-refractivity contribution in [3.05, 3.63) is 34.2 Å². The zero-order chi connectivity index (χ0) is 9.68. The Kier molecular flexibility index (Phi) is 3.25. The molecule has 1 aromatic heterocycles. The van der Waals surface area contributed by atoms with Crippen molar-refractivity contribution in [1.29, 1.82) is 0 Å². The van der Waals surface area contributed by atoms with Crippen molar-refractivity contribution in [2.45, 2.75) is 19.9 Å². The van der Waals surface area contributed by atoms with Gasteiger partial charge in [0.2, 0.25) is 5.91 Å². The molecule has 0 bridgehead atoms. The van der Waals surface area contributed by atoms with E-state index in [9.17, 15) is 9.59 Å². The Morgan fingerprint density at radius 1 is 1.62 bits per heavy atom. The minimum absolute atomic E-state index is 0.0234. The summed E-state index contributed by atoms with van der Waals surface area (Å²) in [7, 11) is 0. The largest absolute Gasteiger partial charge is 0.363 e. The average Bonchev–Trinajstić information content (AvgIpc) is 2.14. The van der Waals surface area contributed by atoms with Gasteiger partial charge >= 0.3 is 0 Å². The first kappa shape index (κ1) is 9.51. The van der Waals surface area contributed by atoms with Gasteiger partial charge in [0, 0.05) is 30.4 Å². The molecule has 4 nitrogen and oxygen atoms in total. The fourth-order valence-electron chi connectivity index (χ4n) is 0.913. The zero-order valence-corrected chi connectivity index (χ0v) is 7.46. The summed E-state index contributed by atoms with van der Waals surface area (Å²) in [5, 5.41) is 2.67. The lowest BCUT2D eigenvalue weighted by atomic mass is 10.3. The summed E-state index contributed by atoms with van der Waals surface area (Å²) in [4.78, 5) is 24.6. The maximum absolute atomic E-state index is 10.9. The monoisotopic (exact) mass is 180 g/mol. The number of aromatic nitrogens is 1. The highest BCUT2D eigenvalue weighted by Gasteiger charge is 1.97. The molecule has 1 aromatic rings. The Balaban J connectivity index is 2.55. The third-order valence-electron chi connectivity index (χ3n) is 1.63. The molecule has 0 saturated carbocycles. The van der Waals surface area contributed by atoms with Crippen LogP contribution in [-0.2, 0) is 11.3 Å². The highest BCUT2D eigenvalue weighted by atomic mass is 16.1. The topological polar surface area (TPSA) is 62.0 Å². The molecular formula is C9H12N2O2. The first-order valence-corrected chi connectivity index (χ1v) is 4.16. The van der Waals surface area contributed by atoms with E-state index in [0.717, 1.165) is 0 Å². The summed E-state index contributed by atoms with van der Waals surface area (Å²) < 4.78 is 0. The molecule has 70 valence electrons. The fraction of sp³-hybridized carbons (Fsp3) is 0.333. The molecule has 4 heteroatoms. The molecule has 0 fully saturated rings. The van der Waals surface area contributed by atoms with Crippen molar-refractivity contribution in [3.63, 3.8) is 0 Å². The van der Waals surface area contributed by atoms with Crippen LogP contribution < -0.4 is 10.7 Å². The molecule has 0 aliphatic heterocycles. The van der Waals surface area contributed by atoms with Gasteiger partial charge in [-0.1, -0.05) is 6.92 Å². The van der Waals surface area contributed by atoms with Crippen LogP contribution in [0.1, 0.15) is 19.0 Å². The van der Waals surface area contributed by atoms with Crippen molar-refractivity contribution in [1.82, 2.24) is 10.3 Å². The normalized spacial score (nSPS) is 9.62. The van der Waals surface area contributed by atoms with Gasteiger partial charge in [0.05, 0.1) is 6.54 Å². The van der Waals surface area contributed by atoms with Crippen molar-refractivity contribution < 1.29 is 4.79 Å². The SMILES string of the molecule is CCC(=O)NCc1cc(=O)cc[nH]1. The van der Waals surface area contributed by atoms with E-state index in [1.165, 1.54) is 12.1 Å². The van der Waals surface area contributed by atoms with Gasteiger partial charge in [-0.2, -0.15) is 0 Å². The average molecular weight is 180 g/mol. The maximum Gasteiger partial charge on any atom is 0.220 e. The zero-order valence-electron chi connectivity index (χ0n) is 7.46. The van der Waals surface area contributed by atoms with Gasteiger partial charge in [-0.15, -0.1) is 0 Å². The Bertz CT molecular complexity index is 343. The predicted molar refractivity (Wildman–Crippen MR) is 49.2 cm³/mol. The Morgan fingerprint density at radius 2 is 2.38 bits per heavy atom. The number of pyridine rings is 1. The van der Waals surface area contributed by atoms with Gasteiger partial charge in [0.15, 0.2) is 5.43 Å². The molecule has 0 aromatic carbocycles. The molecule has 13 heavy (non-hydrogen) atoms. The standard InChI is InChI=1S/C9H12N2O2/c1-2-9(13)11-6-7-5-8(12)3-4-10-7/h3-5H,2,6H2,1H3,(H,10,12)(H,11,13). The smallest absolute Gasteiger partial charge is 0.220 e. The van der Waals surface area contributed by atoms with Crippen LogP contribution in [0.4, 0.5) is 0 Å². The highest BCUT2D eigenvalue weighted by molar-refractivity contribution is 5.75.